The highest BCUT2D eigenvalue weighted by molar-refractivity contribution is 7.92. The number of aryl methyl sites for hydroxylation is 1. The SMILES string of the molecule is CCc1ccccc1N(Cc1cccc(C(=O)O)c1)S(C)(=O)=O. The summed E-state index contributed by atoms with van der Waals surface area (Å²) < 4.78 is 25.8. The van der Waals surface area contributed by atoms with Gasteiger partial charge in [-0.1, -0.05) is 37.3 Å². The van der Waals surface area contributed by atoms with Crippen LogP contribution in [0.5, 0.6) is 0 Å². The summed E-state index contributed by atoms with van der Waals surface area (Å²) in [5, 5.41) is 9.07. The summed E-state index contributed by atoms with van der Waals surface area (Å²) in [6, 6.07) is 13.6. The third kappa shape index (κ3) is 4.10. The van der Waals surface area contributed by atoms with Gasteiger partial charge in [-0.05, 0) is 35.7 Å². The van der Waals surface area contributed by atoms with Gasteiger partial charge in [0.05, 0.1) is 24.1 Å². The first-order valence-corrected chi connectivity index (χ1v) is 9.05. The highest BCUT2D eigenvalue weighted by Crippen LogP contribution is 2.25. The van der Waals surface area contributed by atoms with Crippen LogP contribution in [0.3, 0.4) is 0 Å². The molecule has 0 radical (unpaired) electrons. The molecule has 0 fully saturated rings. The van der Waals surface area contributed by atoms with E-state index in [0.717, 1.165) is 11.8 Å². The van der Waals surface area contributed by atoms with Crippen molar-refractivity contribution in [3.8, 4) is 0 Å². The zero-order valence-corrected chi connectivity index (χ0v) is 13.9. The van der Waals surface area contributed by atoms with Gasteiger partial charge >= 0.3 is 5.97 Å². The topological polar surface area (TPSA) is 74.7 Å². The number of carboxylic acid groups (broad SMARTS) is 1. The molecule has 0 unspecified atom stereocenters. The van der Waals surface area contributed by atoms with Gasteiger partial charge in [0, 0.05) is 0 Å². The standard InChI is InChI=1S/C17H19NO4S/c1-3-14-8-4-5-10-16(14)18(23(2,21)22)12-13-7-6-9-15(11-13)17(19)20/h4-11H,3,12H2,1-2H3,(H,19,20). The largest absolute Gasteiger partial charge is 0.478 e. The predicted molar refractivity (Wildman–Crippen MR) is 90.2 cm³/mol. The lowest BCUT2D eigenvalue weighted by molar-refractivity contribution is 0.0696. The highest BCUT2D eigenvalue weighted by Gasteiger charge is 2.20. The van der Waals surface area contributed by atoms with E-state index in [1.807, 2.05) is 19.1 Å². The number of aromatic carboxylic acids is 1. The van der Waals surface area contributed by atoms with E-state index >= 15 is 0 Å². The Kier molecular flexibility index (Phi) is 5.05. The van der Waals surface area contributed by atoms with Gasteiger partial charge in [-0.2, -0.15) is 0 Å². The van der Waals surface area contributed by atoms with E-state index in [1.54, 1.807) is 24.3 Å². The van der Waals surface area contributed by atoms with Gasteiger partial charge in [0.25, 0.3) is 0 Å². The molecule has 122 valence electrons. The maximum Gasteiger partial charge on any atom is 0.335 e. The maximum absolute atomic E-state index is 12.2. The third-order valence-corrected chi connectivity index (χ3v) is 4.67. The van der Waals surface area contributed by atoms with Crippen LogP contribution in [0.1, 0.15) is 28.4 Å². The quantitative estimate of drug-likeness (QED) is 0.882. The van der Waals surface area contributed by atoms with Crippen LogP contribution in [0, 0.1) is 0 Å². The summed E-state index contributed by atoms with van der Waals surface area (Å²) >= 11 is 0. The summed E-state index contributed by atoms with van der Waals surface area (Å²) in [4.78, 5) is 11.1. The van der Waals surface area contributed by atoms with Gasteiger partial charge < -0.3 is 5.11 Å². The number of benzene rings is 2. The Morgan fingerprint density at radius 3 is 2.43 bits per heavy atom. The minimum absolute atomic E-state index is 0.0942. The van der Waals surface area contributed by atoms with Gasteiger partial charge in [-0.15, -0.1) is 0 Å². The van der Waals surface area contributed by atoms with Crippen LogP contribution in [-0.4, -0.2) is 25.7 Å². The van der Waals surface area contributed by atoms with Crippen LogP contribution < -0.4 is 4.31 Å². The van der Waals surface area contributed by atoms with Crippen molar-refractivity contribution in [3.63, 3.8) is 0 Å². The average Bonchev–Trinajstić information content (AvgIpc) is 2.52. The molecule has 0 saturated heterocycles. The molecule has 0 aromatic heterocycles. The number of sulfonamides is 1. The average molecular weight is 333 g/mol. The Morgan fingerprint density at radius 2 is 1.83 bits per heavy atom. The van der Waals surface area contributed by atoms with Gasteiger partial charge in [-0.25, -0.2) is 13.2 Å². The van der Waals surface area contributed by atoms with Crippen molar-refractivity contribution in [2.75, 3.05) is 10.6 Å². The lowest BCUT2D eigenvalue weighted by Crippen LogP contribution is -2.30. The normalized spacial score (nSPS) is 11.2. The molecular weight excluding hydrogens is 314 g/mol. The van der Waals surface area contributed by atoms with Gasteiger partial charge in [0.1, 0.15) is 0 Å². The Hall–Kier alpha value is -2.34. The Bertz CT molecular complexity index is 815. The highest BCUT2D eigenvalue weighted by atomic mass is 32.2. The molecule has 0 atom stereocenters. The molecule has 0 saturated carbocycles. The van der Waals surface area contributed by atoms with Crippen LogP contribution >= 0.6 is 0 Å². The second-order valence-electron chi connectivity index (χ2n) is 5.26. The molecule has 2 rings (SSSR count). The van der Waals surface area contributed by atoms with Crippen molar-refractivity contribution in [2.45, 2.75) is 19.9 Å². The summed E-state index contributed by atoms with van der Waals surface area (Å²) in [5.74, 6) is -1.04. The molecule has 0 spiro atoms. The number of carbonyl (C=O) groups is 1. The van der Waals surface area contributed by atoms with Crippen LogP contribution in [0.25, 0.3) is 0 Å². The van der Waals surface area contributed by atoms with Gasteiger partial charge in [0.15, 0.2) is 0 Å². The van der Waals surface area contributed by atoms with Crippen molar-refractivity contribution >= 4 is 21.7 Å². The molecule has 0 heterocycles. The van der Waals surface area contributed by atoms with E-state index < -0.39 is 16.0 Å². The Balaban J connectivity index is 2.45. The molecule has 0 amide bonds. The van der Waals surface area contributed by atoms with E-state index in [0.29, 0.717) is 17.7 Å². The van der Waals surface area contributed by atoms with Crippen LogP contribution in [0.2, 0.25) is 0 Å². The first-order chi connectivity index (χ1) is 10.8. The minimum atomic E-state index is -3.50. The molecule has 2 aromatic carbocycles. The summed E-state index contributed by atoms with van der Waals surface area (Å²) in [5.41, 5.74) is 2.31. The second-order valence-corrected chi connectivity index (χ2v) is 7.16. The fourth-order valence-electron chi connectivity index (χ4n) is 2.40. The second kappa shape index (κ2) is 6.83. The van der Waals surface area contributed by atoms with Crippen LogP contribution in [0.4, 0.5) is 5.69 Å². The van der Waals surface area contributed by atoms with Crippen LogP contribution in [-0.2, 0) is 23.0 Å². The zero-order valence-electron chi connectivity index (χ0n) is 13.1. The number of nitrogens with zero attached hydrogens (tertiary/aromatic N) is 1. The number of anilines is 1. The first-order valence-electron chi connectivity index (χ1n) is 7.20. The lowest BCUT2D eigenvalue weighted by Gasteiger charge is -2.25. The van der Waals surface area contributed by atoms with Crippen LogP contribution in [0.15, 0.2) is 48.5 Å². The first kappa shape index (κ1) is 17.0. The van der Waals surface area contributed by atoms with E-state index in [2.05, 4.69) is 0 Å². The Morgan fingerprint density at radius 1 is 1.13 bits per heavy atom. The molecular formula is C17H19NO4S. The van der Waals surface area contributed by atoms with E-state index in [4.69, 9.17) is 5.11 Å². The molecule has 23 heavy (non-hydrogen) atoms. The monoisotopic (exact) mass is 333 g/mol. The third-order valence-electron chi connectivity index (χ3n) is 3.54. The number of para-hydroxylation sites is 1. The molecule has 0 bridgehead atoms. The van der Waals surface area contributed by atoms with Crippen molar-refractivity contribution in [2.24, 2.45) is 0 Å². The number of rotatable bonds is 6. The minimum Gasteiger partial charge on any atom is -0.478 e. The molecule has 0 aliphatic rings. The molecule has 0 aliphatic heterocycles. The van der Waals surface area contributed by atoms with Gasteiger partial charge in [-0.3, -0.25) is 4.31 Å². The number of carboxylic acids is 1. The van der Waals surface area contributed by atoms with E-state index in [-0.39, 0.29) is 12.1 Å². The summed E-state index contributed by atoms with van der Waals surface area (Å²) in [6.07, 6.45) is 1.86. The van der Waals surface area contributed by atoms with Crippen molar-refractivity contribution in [1.82, 2.24) is 0 Å². The molecule has 1 N–H and O–H groups in total. The maximum atomic E-state index is 12.2. The summed E-state index contributed by atoms with van der Waals surface area (Å²) in [7, 11) is -3.50. The lowest BCUT2D eigenvalue weighted by atomic mass is 10.1. The fraction of sp³-hybridized carbons (Fsp3) is 0.235. The number of hydrogen-bond donors (Lipinski definition) is 1. The Labute approximate surface area is 136 Å². The zero-order chi connectivity index (χ0) is 17.0. The van der Waals surface area contributed by atoms with E-state index in [1.165, 1.54) is 16.4 Å². The molecule has 0 aliphatic carbocycles. The number of hydrogen-bond acceptors (Lipinski definition) is 3. The van der Waals surface area contributed by atoms with Crippen molar-refractivity contribution in [3.05, 3.63) is 65.2 Å². The summed E-state index contributed by atoms with van der Waals surface area (Å²) in [6.45, 7) is 2.06. The van der Waals surface area contributed by atoms with Crippen molar-refractivity contribution < 1.29 is 18.3 Å². The molecule has 6 heteroatoms. The van der Waals surface area contributed by atoms with E-state index in [9.17, 15) is 13.2 Å². The fourth-order valence-corrected chi connectivity index (χ4v) is 3.32. The van der Waals surface area contributed by atoms with Gasteiger partial charge in [0.2, 0.25) is 10.0 Å². The van der Waals surface area contributed by atoms with Crippen molar-refractivity contribution in [1.29, 1.82) is 0 Å². The smallest absolute Gasteiger partial charge is 0.335 e. The molecule has 2 aromatic rings. The molecule has 5 nitrogen and oxygen atoms in total. The predicted octanol–water partition coefficient (Wildman–Crippen LogP) is 2.91.